The van der Waals surface area contributed by atoms with Crippen LogP contribution in [0, 0.1) is 0 Å². The summed E-state index contributed by atoms with van der Waals surface area (Å²) in [4.78, 5) is 0.303. The molecule has 0 aliphatic heterocycles. The first-order valence-electron chi connectivity index (χ1n) is 6.85. The smallest absolute Gasteiger partial charge is 0.243 e. The molecule has 20 heavy (non-hydrogen) atoms. The van der Waals surface area contributed by atoms with E-state index in [2.05, 4.69) is 5.32 Å². The molecule has 0 radical (unpaired) electrons. The van der Waals surface area contributed by atoms with Gasteiger partial charge in [-0.05, 0) is 38.1 Å². The van der Waals surface area contributed by atoms with E-state index in [1.165, 1.54) is 4.31 Å². The zero-order valence-electron chi connectivity index (χ0n) is 12.3. The quantitative estimate of drug-likeness (QED) is 0.760. The Labute approximate surface area is 121 Å². The van der Waals surface area contributed by atoms with Gasteiger partial charge in [0.25, 0.3) is 0 Å². The second kappa shape index (κ2) is 7.73. The van der Waals surface area contributed by atoms with Gasteiger partial charge < -0.3 is 10.4 Å². The molecule has 2 N–H and O–H groups in total. The number of aliphatic hydroxyl groups is 1. The molecule has 1 aromatic carbocycles. The maximum atomic E-state index is 12.6. The minimum atomic E-state index is -3.49. The highest BCUT2D eigenvalue weighted by Crippen LogP contribution is 2.20. The van der Waals surface area contributed by atoms with E-state index in [9.17, 15) is 8.42 Å². The Bertz CT molecular complexity index is 517. The minimum Gasteiger partial charge on any atom is -0.396 e. The molecule has 0 aliphatic rings. The van der Waals surface area contributed by atoms with Crippen LogP contribution in [0.5, 0.6) is 0 Å². The summed E-state index contributed by atoms with van der Waals surface area (Å²) in [6.07, 6.45) is 0.444. The van der Waals surface area contributed by atoms with E-state index >= 15 is 0 Å². The zero-order valence-corrected chi connectivity index (χ0v) is 13.2. The van der Waals surface area contributed by atoms with Crippen molar-refractivity contribution >= 4 is 10.0 Å². The molecule has 1 aromatic rings. The average molecular weight is 300 g/mol. The number of sulfonamides is 1. The van der Waals surface area contributed by atoms with E-state index in [-0.39, 0.29) is 12.6 Å². The molecule has 114 valence electrons. The zero-order chi connectivity index (χ0) is 15.2. The van der Waals surface area contributed by atoms with E-state index in [1.807, 2.05) is 20.0 Å². The van der Waals surface area contributed by atoms with E-state index in [0.717, 1.165) is 5.56 Å². The molecule has 0 spiro atoms. The Hall–Kier alpha value is -0.950. The maximum absolute atomic E-state index is 12.6. The van der Waals surface area contributed by atoms with Gasteiger partial charge in [0.15, 0.2) is 0 Å². The summed E-state index contributed by atoms with van der Waals surface area (Å²) in [7, 11) is -1.65. The van der Waals surface area contributed by atoms with Gasteiger partial charge in [0.2, 0.25) is 10.0 Å². The molecular weight excluding hydrogens is 276 g/mol. The lowest BCUT2D eigenvalue weighted by molar-refractivity contribution is 0.271. The molecule has 5 nitrogen and oxygen atoms in total. The van der Waals surface area contributed by atoms with Crippen molar-refractivity contribution in [3.8, 4) is 0 Å². The standard InChI is InChI=1S/C14H24N2O3S/c1-4-16(9-6-10-17)20(18,19)14-8-5-7-13(11-14)12(2)15-3/h5,7-8,11-12,15,17H,4,6,9-10H2,1-3H3. The Morgan fingerprint density at radius 1 is 1.40 bits per heavy atom. The molecule has 6 heteroatoms. The lowest BCUT2D eigenvalue weighted by Gasteiger charge is -2.21. The van der Waals surface area contributed by atoms with Crippen LogP contribution in [0.25, 0.3) is 0 Å². The highest BCUT2D eigenvalue weighted by Gasteiger charge is 2.23. The Morgan fingerprint density at radius 2 is 2.10 bits per heavy atom. The number of aliphatic hydroxyl groups excluding tert-OH is 1. The fourth-order valence-corrected chi connectivity index (χ4v) is 3.50. The van der Waals surface area contributed by atoms with Crippen LogP contribution in [0.4, 0.5) is 0 Å². The van der Waals surface area contributed by atoms with Crippen molar-refractivity contribution in [1.82, 2.24) is 9.62 Å². The summed E-state index contributed by atoms with van der Waals surface area (Å²) in [6, 6.07) is 7.08. The summed E-state index contributed by atoms with van der Waals surface area (Å²) in [6.45, 7) is 4.50. The predicted molar refractivity (Wildman–Crippen MR) is 80.1 cm³/mol. The van der Waals surface area contributed by atoms with Gasteiger partial charge in [-0.2, -0.15) is 4.31 Å². The molecular formula is C14H24N2O3S. The first-order valence-corrected chi connectivity index (χ1v) is 8.29. The molecule has 0 aromatic heterocycles. The third-order valence-electron chi connectivity index (χ3n) is 3.35. The van der Waals surface area contributed by atoms with Crippen molar-refractivity contribution in [1.29, 1.82) is 0 Å². The molecule has 1 rings (SSSR count). The van der Waals surface area contributed by atoms with E-state index < -0.39 is 10.0 Å². The number of nitrogens with zero attached hydrogens (tertiary/aromatic N) is 1. The van der Waals surface area contributed by atoms with Gasteiger partial charge in [0.05, 0.1) is 4.90 Å². The third-order valence-corrected chi connectivity index (χ3v) is 5.32. The second-order valence-corrected chi connectivity index (χ2v) is 6.59. The molecule has 0 amide bonds. The monoisotopic (exact) mass is 300 g/mol. The van der Waals surface area contributed by atoms with Crippen molar-refractivity contribution in [2.45, 2.75) is 31.2 Å². The SMILES string of the molecule is CCN(CCCO)S(=O)(=O)c1cccc(C(C)NC)c1. The van der Waals surface area contributed by atoms with Crippen LogP contribution in [-0.2, 0) is 10.0 Å². The van der Waals surface area contributed by atoms with E-state index in [1.54, 1.807) is 25.1 Å². The van der Waals surface area contributed by atoms with Gasteiger partial charge in [-0.25, -0.2) is 8.42 Å². The molecule has 1 unspecified atom stereocenters. The molecule has 0 aliphatic carbocycles. The molecule has 0 fully saturated rings. The molecule has 0 saturated heterocycles. The van der Waals surface area contributed by atoms with Crippen molar-refractivity contribution in [3.63, 3.8) is 0 Å². The largest absolute Gasteiger partial charge is 0.396 e. The van der Waals surface area contributed by atoms with Gasteiger partial charge in [-0.1, -0.05) is 19.1 Å². The van der Waals surface area contributed by atoms with Crippen LogP contribution in [0.1, 0.15) is 31.9 Å². The lowest BCUT2D eigenvalue weighted by Crippen LogP contribution is -2.32. The van der Waals surface area contributed by atoms with Gasteiger partial charge >= 0.3 is 0 Å². The minimum absolute atomic E-state index is 0.0111. The van der Waals surface area contributed by atoms with Crippen LogP contribution < -0.4 is 5.32 Å². The van der Waals surface area contributed by atoms with Crippen molar-refractivity contribution in [2.24, 2.45) is 0 Å². The second-order valence-electron chi connectivity index (χ2n) is 4.66. The average Bonchev–Trinajstić information content (AvgIpc) is 2.47. The molecule has 1 atom stereocenters. The van der Waals surface area contributed by atoms with Gasteiger partial charge in [0, 0.05) is 25.7 Å². The summed E-state index contributed by atoms with van der Waals surface area (Å²) in [5, 5.41) is 12.0. The normalized spacial score (nSPS) is 13.7. The van der Waals surface area contributed by atoms with E-state index in [4.69, 9.17) is 5.11 Å². The predicted octanol–water partition coefficient (Wildman–Crippen LogP) is 1.36. The van der Waals surface area contributed by atoms with Crippen LogP contribution in [-0.4, -0.2) is 44.6 Å². The van der Waals surface area contributed by atoms with Crippen LogP contribution in [0.2, 0.25) is 0 Å². The number of hydrogen-bond acceptors (Lipinski definition) is 4. The highest BCUT2D eigenvalue weighted by molar-refractivity contribution is 7.89. The summed E-state index contributed by atoms with van der Waals surface area (Å²) in [5.41, 5.74) is 0.937. The Kier molecular flexibility index (Phi) is 6.61. The van der Waals surface area contributed by atoms with Crippen LogP contribution >= 0.6 is 0 Å². The fourth-order valence-electron chi connectivity index (χ4n) is 1.96. The summed E-state index contributed by atoms with van der Waals surface area (Å²) in [5.74, 6) is 0. The highest BCUT2D eigenvalue weighted by atomic mass is 32.2. The number of benzene rings is 1. The first-order chi connectivity index (χ1) is 9.47. The van der Waals surface area contributed by atoms with E-state index in [0.29, 0.717) is 24.4 Å². The van der Waals surface area contributed by atoms with Gasteiger partial charge in [0.1, 0.15) is 0 Å². The number of hydrogen-bond donors (Lipinski definition) is 2. The van der Waals surface area contributed by atoms with Crippen molar-refractivity contribution in [2.75, 3.05) is 26.7 Å². The molecule has 0 heterocycles. The topological polar surface area (TPSA) is 69.6 Å². The molecule has 0 saturated carbocycles. The number of rotatable bonds is 8. The fraction of sp³-hybridized carbons (Fsp3) is 0.571. The van der Waals surface area contributed by atoms with Crippen LogP contribution in [0.3, 0.4) is 0 Å². The first kappa shape index (κ1) is 17.1. The summed E-state index contributed by atoms with van der Waals surface area (Å²) < 4.78 is 26.5. The summed E-state index contributed by atoms with van der Waals surface area (Å²) >= 11 is 0. The lowest BCUT2D eigenvalue weighted by atomic mass is 10.1. The van der Waals surface area contributed by atoms with Crippen LogP contribution in [0.15, 0.2) is 29.2 Å². The third kappa shape index (κ3) is 4.02. The molecule has 0 bridgehead atoms. The van der Waals surface area contributed by atoms with Gasteiger partial charge in [-0.15, -0.1) is 0 Å². The maximum Gasteiger partial charge on any atom is 0.243 e. The Balaban J connectivity index is 3.07. The number of nitrogens with one attached hydrogen (secondary N) is 1. The Morgan fingerprint density at radius 3 is 2.65 bits per heavy atom. The van der Waals surface area contributed by atoms with Crippen molar-refractivity contribution < 1.29 is 13.5 Å². The van der Waals surface area contributed by atoms with Crippen molar-refractivity contribution in [3.05, 3.63) is 29.8 Å². The van der Waals surface area contributed by atoms with Gasteiger partial charge in [-0.3, -0.25) is 0 Å².